The average molecular weight is 235 g/mol. The van der Waals surface area contributed by atoms with Gasteiger partial charge < -0.3 is 15.2 Å². The molecule has 1 fully saturated rings. The van der Waals surface area contributed by atoms with Gasteiger partial charge >= 0.3 is 0 Å². The normalized spacial score (nSPS) is 20.2. The first-order chi connectivity index (χ1) is 8.40. The summed E-state index contributed by atoms with van der Waals surface area (Å²) in [5.74, 6) is 0.951. The second kappa shape index (κ2) is 6.62. The lowest BCUT2D eigenvalue weighted by atomic mass is 10.1. The fourth-order valence-corrected chi connectivity index (χ4v) is 2.13. The fourth-order valence-electron chi connectivity index (χ4n) is 2.13. The number of hydrogen-bond acceptors (Lipinski definition) is 3. The molecular weight excluding hydrogens is 214 g/mol. The molecule has 1 unspecified atom stereocenters. The van der Waals surface area contributed by atoms with Crippen LogP contribution >= 0.6 is 0 Å². The molecule has 0 aliphatic carbocycles. The van der Waals surface area contributed by atoms with Crippen LogP contribution in [0.15, 0.2) is 24.3 Å². The van der Waals surface area contributed by atoms with Gasteiger partial charge in [0.05, 0.1) is 6.10 Å². The Balaban J connectivity index is 1.88. The van der Waals surface area contributed by atoms with Crippen molar-refractivity contribution in [3.05, 3.63) is 29.8 Å². The molecular formula is C14H21NO2. The summed E-state index contributed by atoms with van der Waals surface area (Å²) in [5.41, 5.74) is 6.77. The molecule has 1 aliphatic rings. The standard InChI is InChI=1S/C14H21NO2/c15-9-8-12-5-1-2-7-14(12)17-11-13-6-3-4-10-16-13/h1-2,5,7,13H,3-4,6,8-11,15H2. The minimum atomic E-state index is 0.259. The van der Waals surface area contributed by atoms with Crippen molar-refractivity contribution < 1.29 is 9.47 Å². The number of benzene rings is 1. The average Bonchev–Trinajstić information content (AvgIpc) is 2.39. The molecule has 1 atom stereocenters. The Morgan fingerprint density at radius 3 is 2.94 bits per heavy atom. The highest BCUT2D eigenvalue weighted by atomic mass is 16.5. The van der Waals surface area contributed by atoms with E-state index in [0.29, 0.717) is 13.2 Å². The first-order valence-electron chi connectivity index (χ1n) is 6.42. The Labute approximate surface area is 103 Å². The van der Waals surface area contributed by atoms with Crippen molar-refractivity contribution in [2.24, 2.45) is 5.73 Å². The molecule has 0 radical (unpaired) electrons. The molecule has 2 rings (SSSR count). The van der Waals surface area contributed by atoms with E-state index in [9.17, 15) is 0 Å². The van der Waals surface area contributed by atoms with Crippen LogP contribution in [-0.4, -0.2) is 25.9 Å². The largest absolute Gasteiger partial charge is 0.491 e. The Kier molecular flexibility index (Phi) is 4.83. The minimum absolute atomic E-state index is 0.259. The van der Waals surface area contributed by atoms with Crippen LogP contribution in [0.3, 0.4) is 0 Å². The Hall–Kier alpha value is -1.06. The third-order valence-corrected chi connectivity index (χ3v) is 3.09. The van der Waals surface area contributed by atoms with E-state index in [1.165, 1.54) is 18.4 Å². The smallest absolute Gasteiger partial charge is 0.122 e. The van der Waals surface area contributed by atoms with E-state index >= 15 is 0 Å². The molecule has 17 heavy (non-hydrogen) atoms. The number of ether oxygens (including phenoxy) is 2. The van der Waals surface area contributed by atoms with Gasteiger partial charge in [-0.3, -0.25) is 0 Å². The molecule has 2 N–H and O–H groups in total. The molecule has 1 aromatic rings. The number of nitrogens with two attached hydrogens (primary N) is 1. The summed E-state index contributed by atoms with van der Waals surface area (Å²) in [4.78, 5) is 0. The highest BCUT2D eigenvalue weighted by molar-refractivity contribution is 5.33. The quantitative estimate of drug-likeness (QED) is 0.850. The van der Waals surface area contributed by atoms with Crippen molar-refractivity contribution in [1.82, 2.24) is 0 Å². The van der Waals surface area contributed by atoms with Crippen LogP contribution in [0.5, 0.6) is 5.75 Å². The third kappa shape index (κ3) is 3.72. The lowest BCUT2D eigenvalue weighted by Crippen LogP contribution is -2.26. The molecule has 0 bridgehead atoms. The van der Waals surface area contributed by atoms with E-state index in [-0.39, 0.29) is 6.10 Å². The zero-order chi connectivity index (χ0) is 11.9. The van der Waals surface area contributed by atoms with Crippen LogP contribution in [0, 0.1) is 0 Å². The number of rotatable bonds is 5. The summed E-state index contributed by atoms with van der Waals surface area (Å²) >= 11 is 0. The Bertz CT molecular complexity index is 335. The van der Waals surface area contributed by atoms with Gasteiger partial charge in [0.1, 0.15) is 12.4 Å². The second-order valence-corrected chi connectivity index (χ2v) is 4.45. The van der Waals surface area contributed by atoms with Crippen LogP contribution in [0.1, 0.15) is 24.8 Å². The van der Waals surface area contributed by atoms with Crippen molar-refractivity contribution in [3.63, 3.8) is 0 Å². The zero-order valence-corrected chi connectivity index (χ0v) is 10.2. The molecule has 1 aromatic carbocycles. The number of hydrogen-bond donors (Lipinski definition) is 1. The Morgan fingerprint density at radius 2 is 2.18 bits per heavy atom. The maximum Gasteiger partial charge on any atom is 0.122 e. The van der Waals surface area contributed by atoms with E-state index in [1.807, 2.05) is 18.2 Å². The molecule has 1 heterocycles. The third-order valence-electron chi connectivity index (χ3n) is 3.09. The predicted molar refractivity (Wildman–Crippen MR) is 68.3 cm³/mol. The summed E-state index contributed by atoms with van der Waals surface area (Å²) in [7, 11) is 0. The van der Waals surface area contributed by atoms with E-state index in [1.54, 1.807) is 0 Å². The van der Waals surface area contributed by atoms with Crippen LogP contribution in [-0.2, 0) is 11.2 Å². The summed E-state index contributed by atoms with van der Waals surface area (Å²) in [6.45, 7) is 2.18. The zero-order valence-electron chi connectivity index (χ0n) is 10.2. The van der Waals surface area contributed by atoms with E-state index in [2.05, 4.69) is 6.07 Å². The van der Waals surface area contributed by atoms with Gasteiger partial charge in [-0.1, -0.05) is 18.2 Å². The number of para-hydroxylation sites is 1. The molecule has 0 aromatic heterocycles. The van der Waals surface area contributed by atoms with Crippen molar-refractivity contribution in [3.8, 4) is 5.75 Å². The first kappa shape index (κ1) is 12.4. The maximum atomic E-state index is 5.85. The van der Waals surface area contributed by atoms with Crippen LogP contribution in [0.2, 0.25) is 0 Å². The van der Waals surface area contributed by atoms with Gasteiger partial charge in [0, 0.05) is 6.61 Å². The topological polar surface area (TPSA) is 44.5 Å². The molecule has 0 saturated carbocycles. The lowest BCUT2D eigenvalue weighted by molar-refractivity contribution is -0.0112. The van der Waals surface area contributed by atoms with Crippen molar-refractivity contribution in [2.75, 3.05) is 19.8 Å². The van der Waals surface area contributed by atoms with Gasteiger partial charge in [0.15, 0.2) is 0 Å². The van der Waals surface area contributed by atoms with Gasteiger partial charge in [0.25, 0.3) is 0 Å². The SMILES string of the molecule is NCCc1ccccc1OCC1CCCCO1. The van der Waals surface area contributed by atoms with E-state index in [0.717, 1.165) is 25.2 Å². The van der Waals surface area contributed by atoms with Crippen molar-refractivity contribution in [1.29, 1.82) is 0 Å². The van der Waals surface area contributed by atoms with E-state index in [4.69, 9.17) is 15.2 Å². The van der Waals surface area contributed by atoms with Gasteiger partial charge in [0.2, 0.25) is 0 Å². The van der Waals surface area contributed by atoms with Gasteiger partial charge in [-0.25, -0.2) is 0 Å². The molecule has 94 valence electrons. The highest BCUT2D eigenvalue weighted by Crippen LogP contribution is 2.20. The molecule has 1 saturated heterocycles. The van der Waals surface area contributed by atoms with Gasteiger partial charge in [-0.15, -0.1) is 0 Å². The minimum Gasteiger partial charge on any atom is -0.491 e. The fraction of sp³-hybridized carbons (Fsp3) is 0.571. The first-order valence-corrected chi connectivity index (χ1v) is 6.42. The molecule has 0 spiro atoms. The van der Waals surface area contributed by atoms with E-state index < -0.39 is 0 Å². The Morgan fingerprint density at radius 1 is 1.29 bits per heavy atom. The highest BCUT2D eigenvalue weighted by Gasteiger charge is 2.14. The predicted octanol–water partition coefficient (Wildman–Crippen LogP) is 2.14. The summed E-state index contributed by atoms with van der Waals surface area (Å²) in [6.07, 6.45) is 4.66. The summed E-state index contributed by atoms with van der Waals surface area (Å²) in [5, 5.41) is 0. The van der Waals surface area contributed by atoms with Crippen molar-refractivity contribution in [2.45, 2.75) is 31.8 Å². The maximum absolute atomic E-state index is 5.85. The monoisotopic (exact) mass is 235 g/mol. The molecule has 3 nitrogen and oxygen atoms in total. The molecule has 0 amide bonds. The van der Waals surface area contributed by atoms with Crippen LogP contribution < -0.4 is 10.5 Å². The van der Waals surface area contributed by atoms with Crippen LogP contribution in [0.4, 0.5) is 0 Å². The second-order valence-electron chi connectivity index (χ2n) is 4.45. The van der Waals surface area contributed by atoms with Gasteiger partial charge in [-0.05, 0) is 43.9 Å². The van der Waals surface area contributed by atoms with Crippen LogP contribution in [0.25, 0.3) is 0 Å². The van der Waals surface area contributed by atoms with Crippen molar-refractivity contribution >= 4 is 0 Å². The lowest BCUT2D eigenvalue weighted by Gasteiger charge is -2.23. The molecule has 1 aliphatic heterocycles. The molecule has 3 heteroatoms. The summed E-state index contributed by atoms with van der Waals surface area (Å²) in [6, 6.07) is 8.10. The van der Waals surface area contributed by atoms with Gasteiger partial charge in [-0.2, -0.15) is 0 Å². The summed E-state index contributed by atoms with van der Waals surface area (Å²) < 4.78 is 11.5.